The van der Waals surface area contributed by atoms with E-state index in [0.717, 1.165) is 11.3 Å². The number of rotatable bonds is 6. The van der Waals surface area contributed by atoms with Gasteiger partial charge < -0.3 is 10.1 Å². The van der Waals surface area contributed by atoms with E-state index in [-0.39, 0.29) is 17.1 Å². The van der Waals surface area contributed by atoms with Crippen LogP contribution in [0.25, 0.3) is 17.1 Å². The van der Waals surface area contributed by atoms with E-state index in [9.17, 15) is 4.79 Å². The van der Waals surface area contributed by atoms with Crippen LogP contribution < -0.4 is 10.1 Å². The first-order chi connectivity index (χ1) is 14.2. The van der Waals surface area contributed by atoms with E-state index in [0.29, 0.717) is 21.8 Å². The van der Waals surface area contributed by atoms with Crippen LogP contribution >= 0.6 is 23.4 Å². The molecule has 8 heteroatoms. The predicted molar refractivity (Wildman–Crippen MR) is 122 cm³/mol. The number of carbonyl (C=O) groups is 1. The third-order valence-electron chi connectivity index (χ3n) is 4.65. The number of hydrogen-bond donors (Lipinski definition) is 1. The molecule has 30 heavy (non-hydrogen) atoms. The van der Waals surface area contributed by atoms with Gasteiger partial charge in [0, 0.05) is 12.6 Å². The highest BCUT2D eigenvalue weighted by atomic mass is 35.5. The first kappa shape index (κ1) is 22.2. The third-order valence-corrected chi connectivity index (χ3v) is 5.87. The molecule has 0 aliphatic heterocycles. The van der Waals surface area contributed by atoms with E-state index in [1.807, 2.05) is 22.8 Å². The number of aromatic nitrogens is 3. The number of halogens is 1. The average Bonchev–Trinajstić information content (AvgIpc) is 3.15. The van der Waals surface area contributed by atoms with Crippen molar-refractivity contribution in [1.29, 1.82) is 0 Å². The van der Waals surface area contributed by atoms with Crippen molar-refractivity contribution >= 4 is 29.3 Å². The summed E-state index contributed by atoms with van der Waals surface area (Å²) in [6.07, 6.45) is 0. The first-order valence-corrected chi connectivity index (χ1v) is 10.8. The van der Waals surface area contributed by atoms with Crippen LogP contribution in [0.1, 0.15) is 26.3 Å². The van der Waals surface area contributed by atoms with Crippen molar-refractivity contribution in [2.75, 3.05) is 19.9 Å². The topological polar surface area (TPSA) is 69.0 Å². The predicted octanol–water partition coefficient (Wildman–Crippen LogP) is 4.73. The highest BCUT2D eigenvalue weighted by molar-refractivity contribution is 7.99. The molecule has 6 nitrogen and oxygen atoms in total. The Labute approximate surface area is 186 Å². The second-order valence-corrected chi connectivity index (χ2v) is 9.10. The largest absolute Gasteiger partial charge is 0.495 e. The van der Waals surface area contributed by atoms with Crippen LogP contribution in [0.5, 0.6) is 5.75 Å². The van der Waals surface area contributed by atoms with Crippen LogP contribution in [0, 0.1) is 0 Å². The number of carbonyl (C=O) groups excluding carboxylic acids is 1. The molecular formula is C22H25ClN4O2S. The highest BCUT2D eigenvalue weighted by Crippen LogP contribution is 2.33. The zero-order valence-corrected chi connectivity index (χ0v) is 19.3. The van der Waals surface area contributed by atoms with Gasteiger partial charge in [0.1, 0.15) is 5.75 Å². The molecular weight excluding hydrogens is 420 g/mol. The minimum atomic E-state index is -0.0848. The molecule has 0 saturated carbocycles. The smallest absolute Gasteiger partial charge is 0.230 e. The van der Waals surface area contributed by atoms with Crippen LogP contribution in [0.3, 0.4) is 0 Å². The molecule has 1 heterocycles. The Morgan fingerprint density at radius 1 is 1.17 bits per heavy atom. The molecule has 0 unspecified atom stereocenters. The summed E-state index contributed by atoms with van der Waals surface area (Å²) in [5.41, 5.74) is 3.01. The van der Waals surface area contributed by atoms with E-state index in [2.05, 4.69) is 48.4 Å². The van der Waals surface area contributed by atoms with Gasteiger partial charge in [-0.15, -0.1) is 10.2 Å². The van der Waals surface area contributed by atoms with Crippen LogP contribution in [-0.2, 0) is 10.2 Å². The maximum atomic E-state index is 11.8. The monoisotopic (exact) mass is 444 g/mol. The normalized spacial score (nSPS) is 11.4. The van der Waals surface area contributed by atoms with Crippen molar-refractivity contribution in [3.63, 3.8) is 0 Å². The second kappa shape index (κ2) is 9.10. The lowest BCUT2D eigenvalue weighted by Gasteiger charge is -2.19. The number of methoxy groups -OCH3 is 1. The molecule has 3 aromatic rings. The van der Waals surface area contributed by atoms with Crippen molar-refractivity contribution in [2.24, 2.45) is 0 Å². The number of ether oxygens (including phenoxy) is 1. The maximum absolute atomic E-state index is 11.8. The molecule has 2 aromatic carbocycles. The highest BCUT2D eigenvalue weighted by Gasteiger charge is 2.19. The van der Waals surface area contributed by atoms with Gasteiger partial charge in [-0.25, -0.2) is 0 Å². The fraction of sp³-hybridized carbons (Fsp3) is 0.318. The number of hydrogen-bond acceptors (Lipinski definition) is 5. The van der Waals surface area contributed by atoms with Crippen molar-refractivity contribution < 1.29 is 9.53 Å². The van der Waals surface area contributed by atoms with E-state index in [4.69, 9.17) is 16.3 Å². The molecule has 0 radical (unpaired) electrons. The summed E-state index contributed by atoms with van der Waals surface area (Å²) in [7, 11) is 3.19. The van der Waals surface area contributed by atoms with Gasteiger partial charge in [0.15, 0.2) is 11.0 Å². The lowest BCUT2D eigenvalue weighted by Crippen LogP contribution is -2.20. The van der Waals surface area contributed by atoms with E-state index >= 15 is 0 Å². The summed E-state index contributed by atoms with van der Waals surface area (Å²) in [5.74, 6) is 1.42. The van der Waals surface area contributed by atoms with Gasteiger partial charge in [-0.1, -0.05) is 68.4 Å². The fourth-order valence-electron chi connectivity index (χ4n) is 2.90. The zero-order valence-electron chi connectivity index (χ0n) is 17.7. The fourth-order valence-corrected chi connectivity index (χ4v) is 3.98. The van der Waals surface area contributed by atoms with Gasteiger partial charge in [-0.2, -0.15) is 0 Å². The van der Waals surface area contributed by atoms with Gasteiger partial charge >= 0.3 is 0 Å². The number of thioether (sulfide) groups is 1. The Bertz CT molecular complexity index is 1040. The summed E-state index contributed by atoms with van der Waals surface area (Å²) >= 11 is 7.68. The van der Waals surface area contributed by atoms with Crippen LogP contribution in [0.15, 0.2) is 47.6 Å². The standard InChI is InChI=1S/C22H25ClN4O2S/c1-22(2,3)15-8-6-14(7-9-15)20-25-26-21(30-13-19(28)24-4)27(20)16-10-11-18(29-5)17(23)12-16/h6-12H,13H2,1-5H3,(H,24,28). The Kier molecular flexibility index (Phi) is 6.73. The quantitative estimate of drug-likeness (QED) is 0.556. The van der Waals surface area contributed by atoms with Crippen molar-refractivity contribution in [3.05, 3.63) is 53.1 Å². The van der Waals surface area contributed by atoms with Crippen LogP contribution in [0.2, 0.25) is 5.02 Å². The number of benzene rings is 2. The molecule has 1 amide bonds. The van der Waals surface area contributed by atoms with E-state index in [1.54, 1.807) is 26.3 Å². The maximum Gasteiger partial charge on any atom is 0.230 e. The zero-order chi connectivity index (χ0) is 21.9. The summed E-state index contributed by atoms with van der Waals surface area (Å²) in [6.45, 7) is 6.53. The summed E-state index contributed by atoms with van der Waals surface area (Å²) in [4.78, 5) is 11.8. The second-order valence-electron chi connectivity index (χ2n) is 7.75. The molecule has 0 atom stereocenters. The SMILES string of the molecule is CNC(=O)CSc1nnc(-c2ccc(C(C)(C)C)cc2)n1-c1ccc(OC)c(Cl)c1. The molecule has 158 valence electrons. The van der Waals surface area contributed by atoms with Gasteiger partial charge in [-0.3, -0.25) is 9.36 Å². The van der Waals surface area contributed by atoms with E-state index < -0.39 is 0 Å². The molecule has 0 saturated heterocycles. The van der Waals surface area contributed by atoms with Crippen molar-refractivity contribution in [3.8, 4) is 22.8 Å². The summed E-state index contributed by atoms with van der Waals surface area (Å²) in [6, 6.07) is 13.8. The molecule has 0 bridgehead atoms. The summed E-state index contributed by atoms with van der Waals surface area (Å²) in [5, 5.41) is 12.5. The molecule has 0 fully saturated rings. The Hall–Kier alpha value is -2.51. The van der Waals surface area contributed by atoms with Gasteiger partial charge in [0.05, 0.1) is 23.6 Å². The Morgan fingerprint density at radius 2 is 1.87 bits per heavy atom. The molecule has 0 spiro atoms. The Balaban J connectivity index is 2.08. The molecule has 1 aromatic heterocycles. The van der Waals surface area contributed by atoms with Crippen LogP contribution in [-0.4, -0.2) is 40.6 Å². The average molecular weight is 445 g/mol. The minimum absolute atomic E-state index is 0.0598. The van der Waals surface area contributed by atoms with Gasteiger partial charge in [0.25, 0.3) is 0 Å². The van der Waals surface area contributed by atoms with Gasteiger partial charge in [-0.05, 0) is 29.2 Å². The first-order valence-electron chi connectivity index (χ1n) is 9.48. The Morgan fingerprint density at radius 3 is 2.43 bits per heavy atom. The minimum Gasteiger partial charge on any atom is -0.495 e. The van der Waals surface area contributed by atoms with Crippen LogP contribution in [0.4, 0.5) is 0 Å². The van der Waals surface area contributed by atoms with Crippen molar-refractivity contribution in [2.45, 2.75) is 31.3 Å². The summed E-state index contributed by atoms with van der Waals surface area (Å²) < 4.78 is 7.18. The number of nitrogens with zero attached hydrogens (tertiary/aromatic N) is 3. The third kappa shape index (κ3) is 4.79. The lowest BCUT2D eigenvalue weighted by molar-refractivity contribution is -0.118. The molecule has 0 aliphatic rings. The lowest BCUT2D eigenvalue weighted by atomic mass is 9.87. The van der Waals surface area contributed by atoms with Crippen molar-refractivity contribution in [1.82, 2.24) is 20.1 Å². The van der Waals surface area contributed by atoms with Gasteiger partial charge in [0.2, 0.25) is 5.91 Å². The van der Waals surface area contributed by atoms with E-state index in [1.165, 1.54) is 17.3 Å². The number of amides is 1. The molecule has 0 aliphatic carbocycles. The molecule has 3 rings (SSSR count). The molecule has 1 N–H and O–H groups in total. The number of nitrogens with one attached hydrogen (secondary N) is 1.